The summed E-state index contributed by atoms with van der Waals surface area (Å²) in [4.78, 5) is 9.25. The SMILES string of the molecule is c1cc(SC2CCCCC2)ncc1C1=NCCCC1. The number of thioether (sulfide) groups is 1. The zero-order valence-electron chi connectivity index (χ0n) is 11.5. The van der Waals surface area contributed by atoms with Crippen LogP contribution >= 0.6 is 11.8 Å². The highest BCUT2D eigenvalue weighted by Gasteiger charge is 2.15. The van der Waals surface area contributed by atoms with Gasteiger partial charge in [-0.15, -0.1) is 11.8 Å². The Kier molecular flexibility index (Phi) is 4.54. The summed E-state index contributed by atoms with van der Waals surface area (Å²) in [7, 11) is 0. The molecule has 1 fully saturated rings. The van der Waals surface area contributed by atoms with Crippen molar-refractivity contribution in [1.82, 2.24) is 4.98 Å². The Morgan fingerprint density at radius 1 is 1.00 bits per heavy atom. The molecule has 1 aromatic heterocycles. The Morgan fingerprint density at radius 3 is 2.58 bits per heavy atom. The van der Waals surface area contributed by atoms with Gasteiger partial charge in [-0.25, -0.2) is 4.98 Å². The molecule has 0 N–H and O–H groups in total. The fourth-order valence-electron chi connectivity index (χ4n) is 2.91. The van der Waals surface area contributed by atoms with Crippen molar-refractivity contribution in [2.75, 3.05) is 6.54 Å². The van der Waals surface area contributed by atoms with E-state index in [0.717, 1.165) is 18.2 Å². The van der Waals surface area contributed by atoms with Crippen molar-refractivity contribution < 1.29 is 0 Å². The van der Waals surface area contributed by atoms with E-state index >= 15 is 0 Å². The van der Waals surface area contributed by atoms with Gasteiger partial charge in [0.15, 0.2) is 0 Å². The maximum atomic E-state index is 4.63. The molecule has 19 heavy (non-hydrogen) atoms. The van der Waals surface area contributed by atoms with Gasteiger partial charge in [-0.3, -0.25) is 4.99 Å². The summed E-state index contributed by atoms with van der Waals surface area (Å²) >= 11 is 1.97. The van der Waals surface area contributed by atoms with Crippen LogP contribution in [-0.4, -0.2) is 22.5 Å². The van der Waals surface area contributed by atoms with Gasteiger partial charge in [0, 0.05) is 29.3 Å². The van der Waals surface area contributed by atoms with E-state index in [4.69, 9.17) is 0 Å². The third-order valence-electron chi connectivity index (χ3n) is 4.03. The van der Waals surface area contributed by atoms with Crippen LogP contribution in [0.2, 0.25) is 0 Å². The van der Waals surface area contributed by atoms with E-state index in [-0.39, 0.29) is 0 Å². The molecule has 102 valence electrons. The molecule has 0 unspecified atom stereocenters. The summed E-state index contributed by atoms with van der Waals surface area (Å²) in [5, 5.41) is 1.98. The van der Waals surface area contributed by atoms with Crippen molar-refractivity contribution in [1.29, 1.82) is 0 Å². The van der Waals surface area contributed by atoms with Crippen LogP contribution in [-0.2, 0) is 0 Å². The second kappa shape index (κ2) is 6.56. The first-order valence-corrected chi connectivity index (χ1v) is 8.46. The number of hydrogen-bond donors (Lipinski definition) is 0. The van der Waals surface area contributed by atoms with Crippen LogP contribution in [0.25, 0.3) is 0 Å². The fraction of sp³-hybridized carbons (Fsp3) is 0.625. The maximum Gasteiger partial charge on any atom is 0.0962 e. The van der Waals surface area contributed by atoms with Crippen LogP contribution in [0, 0.1) is 0 Å². The Labute approximate surface area is 120 Å². The molecule has 3 heteroatoms. The lowest BCUT2D eigenvalue weighted by Crippen LogP contribution is -2.09. The van der Waals surface area contributed by atoms with Gasteiger partial charge in [0.1, 0.15) is 0 Å². The quantitative estimate of drug-likeness (QED) is 0.812. The molecule has 0 atom stereocenters. The first-order valence-electron chi connectivity index (χ1n) is 7.58. The molecule has 2 aliphatic rings. The van der Waals surface area contributed by atoms with E-state index in [1.165, 1.54) is 61.2 Å². The molecule has 0 radical (unpaired) electrons. The average molecular weight is 274 g/mol. The molecule has 0 amide bonds. The monoisotopic (exact) mass is 274 g/mol. The van der Waals surface area contributed by atoms with Gasteiger partial charge >= 0.3 is 0 Å². The summed E-state index contributed by atoms with van der Waals surface area (Å²) in [6, 6.07) is 4.40. The summed E-state index contributed by atoms with van der Waals surface area (Å²) in [5.41, 5.74) is 2.49. The summed E-state index contributed by atoms with van der Waals surface area (Å²) < 4.78 is 0. The number of rotatable bonds is 3. The van der Waals surface area contributed by atoms with E-state index in [0.29, 0.717) is 0 Å². The molecule has 3 rings (SSSR count). The molecule has 2 nitrogen and oxygen atoms in total. The third kappa shape index (κ3) is 3.59. The van der Waals surface area contributed by atoms with Gasteiger partial charge in [0.05, 0.1) is 5.03 Å². The van der Waals surface area contributed by atoms with Gasteiger partial charge in [0.25, 0.3) is 0 Å². The van der Waals surface area contributed by atoms with Crippen LogP contribution in [0.3, 0.4) is 0 Å². The highest BCUT2D eigenvalue weighted by atomic mass is 32.2. The minimum atomic E-state index is 0.791. The molecule has 1 aromatic rings. The normalized spacial score (nSPS) is 21.2. The van der Waals surface area contributed by atoms with Crippen molar-refractivity contribution in [3.05, 3.63) is 23.9 Å². The average Bonchev–Trinajstić information content (AvgIpc) is 2.50. The lowest BCUT2D eigenvalue weighted by atomic mass is 10.0. The maximum absolute atomic E-state index is 4.63. The van der Waals surface area contributed by atoms with Crippen LogP contribution in [0.5, 0.6) is 0 Å². The predicted octanol–water partition coefficient (Wildman–Crippen LogP) is 4.48. The fourth-order valence-corrected chi connectivity index (χ4v) is 4.08. The Bertz CT molecular complexity index is 433. The molecule has 0 saturated heterocycles. The Morgan fingerprint density at radius 2 is 1.89 bits per heavy atom. The van der Waals surface area contributed by atoms with E-state index in [9.17, 15) is 0 Å². The third-order valence-corrected chi connectivity index (χ3v) is 5.32. The van der Waals surface area contributed by atoms with Crippen LogP contribution in [0.15, 0.2) is 28.3 Å². The summed E-state index contributed by atoms with van der Waals surface area (Å²) in [6.45, 7) is 0.994. The van der Waals surface area contributed by atoms with Crippen molar-refractivity contribution >= 4 is 17.5 Å². The van der Waals surface area contributed by atoms with Crippen molar-refractivity contribution in [2.24, 2.45) is 4.99 Å². The van der Waals surface area contributed by atoms with Gasteiger partial charge in [-0.05, 0) is 44.2 Å². The number of aliphatic imine (C=N–C) groups is 1. The molecule has 1 aliphatic heterocycles. The summed E-state index contributed by atoms with van der Waals surface area (Å²) in [5.74, 6) is 0. The predicted molar refractivity (Wildman–Crippen MR) is 82.2 cm³/mol. The minimum absolute atomic E-state index is 0.791. The molecule has 0 aromatic carbocycles. The van der Waals surface area contributed by atoms with Gasteiger partial charge in [-0.2, -0.15) is 0 Å². The van der Waals surface area contributed by atoms with Crippen LogP contribution in [0.4, 0.5) is 0 Å². The second-order valence-corrected chi connectivity index (χ2v) is 6.87. The standard InChI is InChI=1S/C16H22N2S/c1-2-6-14(7-3-1)19-16-10-9-13(12-18-16)15-8-4-5-11-17-15/h9-10,12,14H,1-8,11H2. The first-order chi connectivity index (χ1) is 9.42. The van der Waals surface area contributed by atoms with Crippen molar-refractivity contribution in [3.63, 3.8) is 0 Å². The largest absolute Gasteiger partial charge is 0.289 e. The van der Waals surface area contributed by atoms with E-state index in [2.05, 4.69) is 22.1 Å². The molecular formula is C16H22N2S. The molecule has 0 spiro atoms. The number of nitrogens with zero attached hydrogens (tertiary/aromatic N) is 2. The van der Waals surface area contributed by atoms with Crippen LogP contribution < -0.4 is 0 Å². The zero-order valence-corrected chi connectivity index (χ0v) is 12.3. The van der Waals surface area contributed by atoms with Gasteiger partial charge < -0.3 is 0 Å². The smallest absolute Gasteiger partial charge is 0.0962 e. The first kappa shape index (κ1) is 13.2. The van der Waals surface area contributed by atoms with Gasteiger partial charge in [0.2, 0.25) is 0 Å². The zero-order chi connectivity index (χ0) is 12.9. The lowest BCUT2D eigenvalue weighted by Gasteiger charge is -2.20. The van der Waals surface area contributed by atoms with Gasteiger partial charge in [-0.1, -0.05) is 19.3 Å². The molecule has 0 bridgehead atoms. The summed E-state index contributed by atoms with van der Waals surface area (Å²) in [6.07, 6.45) is 12.6. The Hall–Kier alpha value is -0.830. The minimum Gasteiger partial charge on any atom is -0.289 e. The molecular weight excluding hydrogens is 252 g/mol. The molecule has 1 aliphatic carbocycles. The van der Waals surface area contributed by atoms with E-state index < -0.39 is 0 Å². The topological polar surface area (TPSA) is 25.2 Å². The number of hydrogen-bond acceptors (Lipinski definition) is 3. The number of pyridine rings is 1. The lowest BCUT2D eigenvalue weighted by molar-refractivity contribution is 0.515. The highest BCUT2D eigenvalue weighted by Crippen LogP contribution is 2.32. The Balaban J connectivity index is 1.63. The second-order valence-electron chi connectivity index (χ2n) is 5.55. The highest BCUT2D eigenvalue weighted by molar-refractivity contribution is 7.99. The van der Waals surface area contributed by atoms with E-state index in [1.807, 2.05) is 18.0 Å². The van der Waals surface area contributed by atoms with Crippen LogP contribution in [0.1, 0.15) is 56.9 Å². The molecule has 2 heterocycles. The van der Waals surface area contributed by atoms with E-state index in [1.54, 1.807) is 0 Å². The molecule has 1 saturated carbocycles. The van der Waals surface area contributed by atoms with Crippen molar-refractivity contribution in [2.45, 2.75) is 61.6 Å². The number of aromatic nitrogens is 1. The van der Waals surface area contributed by atoms with Crippen molar-refractivity contribution in [3.8, 4) is 0 Å².